The molecule has 36 heavy (non-hydrogen) atoms. The number of hydrogen-bond donors (Lipinski definition) is 2. The smallest absolute Gasteiger partial charge is 0.343 e. The van der Waals surface area contributed by atoms with Gasteiger partial charge in [-0.2, -0.15) is 5.10 Å². The average Bonchev–Trinajstić information content (AvgIpc) is 2.87. The topological polar surface area (TPSA) is 115 Å². The van der Waals surface area contributed by atoms with Crippen molar-refractivity contribution in [3.8, 4) is 17.2 Å². The van der Waals surface area contributed by atoms with Crippen molar-refractivity contribution >= 4 is 41.3 Å². The summed E-state index contributed by atoms with van der Waals surface area (Å²) < 4.78 is 16.5. The summed E-state index contributed by atoms with van der Waals surface area (Å²) in [4.78, 5) is 36.5. The van der Waals surface area contributed by atoms with Gasteiger partial charge in [-0.3, -0.25) is 9.59 Å². The van der Waals surface area contributed by atoms with Crippen LogP contribution in [-0.2, 0) is 9.59 Å². The zero-order chi connectivity index (χ0) is 25.9. The Labute approximate surface area is 213 Å². The lowest BCUT2D eigenvalue weighted by Crippen LogP contribution is -2.32. The second kappa shape index (κ2) is 12.9. The van der Waals surface area contributed by atoms with Crippen molar-refractivity contribution in [2.24, 2.45) is 5.10 Å². The first-order valence-electron chi connectivity index (χ1n) is 11.0. The number of hydrogen-bond acceptors (Lipinski definition) is 7. The van der Waals surface area contributed by atoms with Crippen molar-refractivity contribution in [3.05, 3.63) is 82.9 Å². The van der Waals surface area contributed by atoms with E-state index in [0.717, 1.165) is 0 Å². The zero-order valence-corrected chi connectivity index (χ0v) is 20.4. The SMILES string of the molecule is CCOc1ccc(C(=O)Oc2ccc(C=NNC(=O)C(=O)Nc3ccc(Cl)cc3)cc2OCC)cc1. The summed E-state index contributed by atoms with van der Waals surface area (Å²) in [6.45, 7) is 4.52. The number of benzene rings is 3. The second-order valence-corrected chi connectivity index (χ2v) is 7.58. The van der Waals surface area contributed by atoms with Gasteiger partial charge in [-0.1, -0.05) is 11.6 Å². The van der Waals surface area contributed by atoms with Crippen LogP contribution in [0.5, 0.6) is 17.2 Å². The quantitative estimate of drug-likeness (QED) is 0.145. The van der Waals surface area contributed by atoms with E-state index in [2.05, 4.69) is 15.8 Å². The number of carbonyl (C=O) groups is 3. The minimum absolute atomic E-state index is 0.222. The Kier molecular flexibility index (Phi) is 9.41. The monoisotopic (exact) mass is 509 g/mol. The fourth-order valence-electron chi connectivity index (χ4n) is 2.91. The molecule has 3 aromatic rings. The molecular formula is C26H24ClN3O6. The van der Waals surface area contributed by atoms with Crippen LogP contribution in [0.4, 0.5) is 5.69 Å². The first-order valence-corrected chi connectivity index (χ1v) is 11.4. The third-order valence-corrected chi connectivity index (χ3v) is 4.81. The number of carbonyl (C=O) groups excluding carboxylic acids is 3. The third-order valence-electron chi connectivity index (χ3n) is 4.56. The number of anilines is 1. The Hall–Kier alpha value is -4.37. The molecule has 3 aromatic carbocycles. The van der Waals surface area contributed by atoms with Gasteiger partial charge >= 0.3 is 17.8 Å². The number of rotatable bonds is 9. The minimum atomic E-state index is -0.952. The fourth-order valence-corrected chi connectivity index (χ4v) is 3.03. The zero-order valence-electron chi connectivity index (χ0n) is 19.6. The lowest BCUT2D eigenvalue weighted by atomic mass is 10.2. The molecule has 2 N–H and O–H groups in total. The molecule has 0 atom stereocenters. The van der Waals surface area contributed by atoms with Gasteiger partial charge in [0, 0.05) is 10.7 Å². The van der Waals surface area contributed by atoms with Crippen molar-refractivity contribution in [1.29, 1.82) is 0 Å². The highest BCUT2D eigenvalue weighted by atomic mass is 35.5. The summed E-state index contributed by atoms with van der Waals surface area (Å²) in [5, 5.41) is 6.74. The molecule has 0 aliphatic rings. The summed E-state index contributed by atoms with van der Waals surface area (Å²) in [6.07, 6.45) is 1.33. The Bertz CT molecular complexity index is 1240. The first kappa shape index (κ1) is 26.2. The number of hydrazone groups is 1. The van der Waals surface area contributed by atoms with E-state index < -0.39 is 17.8 Å². The molecule has 0 saturated heterocycles. The van der Waals surface area contributed by atoms with E-state index in [9.17, 15) is 14.4 Å². The van der Waals surface area contributed by atoms with Gasteiger partial charge in [0.25, 0.3) is 0 Å². The Morgan fingerprint density at radius 2 is 1.56 bits per heavy atom. The Morgan fingerprint density at radius 3 is 2.22 bits per heavy atom. The highest BCUT2D eigenvalue weighted by Crippen LogP contribution is 2.29. The molecule has 0 heterocycles. The maximum Gasteiger partial charge on any atom is 0.343 e. The average molecular weight is 510 g/mol. The predicted octanol–water partition coefficient (Wildman–Crippen LogP) is 4.45. The van der Waals surface area contributed by atoms with Gasteiger partial charge in [0.2, 0.25) is 0 Å². The molecule has 0 aliphatic carbocycles. The molecule has 0 fully saturated rings. The second-order valence-electron chi connectivity index (χ2n) is 7.15. The Balaban J connectivity index is 1.62. The first-order chi connectivity index (χ1) is 17.4. The van der Waals surface area contributed by atoms with Crippen LogP contribution in [0.25, 0.3) is 0 Å². The van der Waals surface area contributed by atoms with E-state index >= 15 is 0 Å². The maximum absolute atomic E-state index is 12.5. The van der Waals surface area contributed by atoms with Gasteiger partial charge in [-0.25, -0.2) is 10.2 Å². The molecule has 0 saturated carbocycles. The molecule has 0 aromatic heterocycles. The number of nitrogens with one attached hydrogen (secondary N) is 2. The standard InChI is InChI=1S/C26H24ClN3O6/c1-3-34-21-12-6-18(7-13-21)26(33)36-22-14-5-17(15-23(22)35-4-2)16-28-30-25(32)24(31)29-20-10-8-19(27)9-11-20/h5-16H,3-4H2,1-2H3,(H,29,31)(H,30,32). The van der Waals surface area contributed by atoms with Crippen LogP contribution in [0.1, 0.15) is 29.8 Å². The number of esters is 1. The van der Waals surface area contributed by atoms with Crippen molar-refractivity contribution in [2.75, 3.05) is 18.5 Å². The molecule has 10 heteroatoms. The molecule has 0 aliphatic heterocycles. The molecule has 0 radical (unpaired) electrons. The normalized spacial score (nSPS) is 10.5. The molecular weight excluding hydrogens is 486 g/mol. The molecule has 186 valence electrons. The van der Waals surface area contributed by atoms with E-state index in [4.69, 9.17) is 25.8 Å². The van der Waals surface area contributed by atoms with Gasteiger partial charge in [-0.15, -0.1) is 0 Å². The Morgan fingerprint density at radius 1 is 0.861 bits per heavy atom. The minimum Gasteiger partial charge on any atom is -0.494 e. The van der Waals surface area contributed by atoms with Crippen LogP contribution >= 0.6 is 11.6 Å². The van der Waals surface area contributed by atoms with E-state index in [1.807, 2.05) is 6.92 Å². The summed E-state index contributed by atoms with van der Waals surface area (Å²) in [6, 6.07) is 17.7. The number of ether oxygens (including phenoxy) is 3. The molecule has 9 nitrogen and oxygen atoms in total. The number of halogens is 1. The van der Waals surface area contributed by atoms with E-state index in [1.165, 1.54) is 6.21 Å². The van der Waals surface area contributed by atoms with Crippen molar-refractivity contribution in [2.45, 2.75) is 13.8 Å². The van der Waals surface area contributed by atoms with Crippen molar-refractivity contribution in [3.63, 3.8) is 0 Å². The van der Waals surface area contributed by atoms with Crippen LogP contribution in [0.15, 0.2) is 71.8 Å². The van der Waals surface area contributed by atoms with Crippen molar-refractivity contribution in [1.82, 2.24) is 5.43 Å². The van der Waals surface area contributed by atoms with E-state index in [0.29, 0.717) is 46.5 Å². The van der Waals surface area contributed by atoms with Crippen LogP contribution in [0, 0.1) is 0 Å². The summed E-state index contributed by atoms with van der Waals surface area (Å²) in [5.41, 5.74) is 3.46. The molecule has 3 rings (SSSR count). The van der Waals surface area contributed by atoms with E-state index in [-0.39, 0.29) is 5.75 Å². The summed E-state index contributed by atoms with van der Waals surface area (Å²) in [7, 11) is 0. The van der Waals surface area contributed by atoms with Crippen LogP contribution < -0.4 is 25.0 Å². The van der Waals surface area contributed by atoms with Gasteiger partial charge < -0.3 is 19.5 Å². The van der Waals surface area contributed by atoms with Crippen molar-refractivity contribution < 1.29 is 28.6 Å². The van der Waals surface area contributed by atoms with Gasteiger partial charge in [0.15, 0.2) is 11.5 Å². The summed E-state index contributed by atoms with van der Waals surface area (Å²) in [5.74, 6) is -1.21. The summed E-state index contributed by atoms with van der Waals surface area (Å²) >= 11 is 5.80. The lowest BCUT2D eigenvalue weighted by molar-refractivity contribution is -0.136. The van der Waals surface area contributed by atoms with Crippen LogP contribution in [0.3, 0.4) is 0 Å². The molecule has 0 bridgehead atoms. The van der Waals surface area contributed by atoms with Gasteiger partial charge in [0.05, 0.1) is 25.0 Å². The van der Waals surface area contributed by atoms with E-state index in [1.54, 1.807) is 73.7 Å². The van der Waals surface area contributed by atoms with Crippen LogP contribution in [-0.4, -0.2) is 37.2 Å². The van der Waals surface area contributed by atoms with Gasteiger partial charge in [0.1, 0.15) is 5.75 Å². The highest BCUT2D eigenvalue weighted by molar-refractivity contribution is 6.39. The highest BCUT2D eigenvalue weighted by Gasteiger charge is 2.15. The maximum atomic E-state index is 12.5. The molecule has 2 amide bonds. The molecule has 0 unspecified atom stereocenters. The predicted molar refractivity (Wildman–Crippen MR) is 136 cm³/mol. The lowest BCUT2D eigenvalue weighted by Gasteiger charge is -2.11. The number of amides is 2. The number of nitrogens with zero attached hydrogens (tertiary/aromatic N) is 1. The molecule has 0 spiro atoms. The fraction of sp³-hybridized carbons (Fsp3) is 0.154. The largest absolute Gasteiger partial charge is 0.494 e. The third kappa shape index (κ3) is 7.57. The van der Waals surface area contributed by atoms with Crippen LogP contribution in [0.2, 0.25) is 5.02 Å². The van der Waals surface area contributed by atoms with Gasteiger partial charge in [-0.05, 0) is 86.1 Å².